The number of carboxylic acid groups (broad SMARTS) is 1. The van der Waals surface area contributed by atoms with Gasteiger partial charge >= 0.3 is 13.8 Å². The number of carbonyl (C=O) groups excluding carboxylic acids is 1. The van der Waals surface area contributed by atoms with E-state index in [1.54, 1.807) is 6.92 Å². The number of carbonyl (C=O) groups is 2. The number of hydrogen-bond acceptors (Lipinski definition) is 5. The average molecular weight is 677 g/mol. The second kappa shape index (κ2) is 30.3. The average Bonchev–Trinajstić information content (AvgIpc) is 2.98. The number of hydrogen-bond donors (Lipinski definition) is 4. The third-order valence-electron chi connectivity index (χ3n) is 9.48. The molecule has 9 heteroatoms. The first-order valence-electron chi connectivity index (χ1n) is 19.1. The molecule has 0 amide bonds. The molecule has 0 aromatic carbocycles. The van der Waals surface area contributed by atoms with Gasteiger partial charge in [-0.25, -0.2) is 4.57 Å². The van der Waals surface area contributed by atoms with Gasteiger partial charge in [0.05, 0.1) is 12.2 Å². The zero-order chi connectivity index (χ0) is 34.5. The number of rotatable bonds is 35. The molecule has 0 aliphatic heterocycles. The van der Waals surface area contributed by atoms with Gasteiger partial charge in [0.2, 0.25) is 0 Å². The van der Waals surface area contributed by atoms with Gasteiger partial charge in [-0.15, -0.1) is 0 Å². The topological polar surface area (TPSA) is 141 Å². The van der Waals surface area contributed by atoms with Crippen molar-refractivity contribution in [3.63, 3.8) is 0 Å². The monoisotopic (exact) mass is 677 g/mol. The zero-order valence-corrected chi connectivity index (χ0v) is 30.9. The van der Waals surface area contributed by atoms with Crippen LogP contribution >= 0.6 is 7.82 Å². The molecular weight excluding hydrogens is 603 g/mol. The van der Waals surface area contributed by atoms with Crippen molar-refractivity contribution in [1.29, 1.82) is 0 Å². The molecule has 0 aliphatic carbocycles. The Hall–Kier alpha value is -0.790. The van der Waals surface area contributed by atoms with E-state index in [1.807, 2.05) is 0 Å². The van der Waals surface area contributed by atoms with E-state index in [9.17, 15) is 29.0 Å². The van der Waals surface area contributed by atoms with Crippen LogP contribution in [-0.2, 0) is 18.7 Å². The number of unbranched alkanes of at least 4 members (excludes halogenated alkanes) is 18. The second-order valence-corrected chi connectivity index (χ2v) is 15.0. The van der Waals surface area contributed by atoms with Crippen LogP contribution in [0.3, 0.4) is 0 Å². The van der Waals surface area contributed by atoms with Crippen LogP contribution < -0.4 is 0 Å². The number of aliphatic carboxylic acids is 1. The quantitative estimate of drug-likeness (QED) is 0.0384. The van der Waals surface area contributed by atoms with E-state index in [2.05, 4.69) is 13.8 Å². The number of ketones is 1. The van der Waals surface area contributed by atoms with Crippen molar-refractivity contribution in [2.45, 2.75) is 213 Å². The summed E-state index contributed by atoms with van der Waals surface area (Å²) in [6.07, 6.45) is 24.9. The third kappa shape index (κ3) is 28.2. The molecule has 0 aliphatic rings. The Labute approximate surface area is 282 Å². The summed E-state index contributed by atoms with van der Waals surface area (Å²) in [4.78, 5) is 42.1. The molecule has 0 saturated carbocycles. The highest BCUT2D eigenvalue weighted by Gasteiger charge is 2.37. The fraction of sp³-hybridized carbons (Fsp3) is 0.946. The largest absolute Gasteiger partial charge is 0.481 e. The first kappa shape index (κ1) is 45.2. The summed E-state index contributed by atoms with van der Waals surface area (Å²) in [5.41, 5.74) is 0. The van der Waals surface area contributed by atoms with Gasteiger partial charge in [-0.3, -0.25) is 9.32 Å². The third-order valence-corrected chi connectivity index (χ3v) is 10.0. The number of phosphoric ester groups is 1. The summed E-state index contributed by atoms with van der Waals surface area (Å²) in [6, 6.07) is 0. The number of phosphoric acid groups is 1. The van der Waals surface area contributed by atoms with Crippen molar-refractivity contribution in [2.75, 3.05) is 0 Å². The van der Waals surface area contributed by atoms with E-state index in [1.165, 1.54) is 44.9 Å². The van der Waals surface area contributed by atoms with E-state index in [0.29, 0.717) is 25.7 Å². The summed E-state index contributed by atoms with van der Waals surface area (Å²) < 4.78 is 17.8. The Bertz CT molecular complexity index is 770. The minimum absolute atomic E-state index is 0.0874. The molecule has 4 N–H and O–H groups in total. The van der Waals surface area contributed by atoms with Crippen LogP contribution in [0.15, 0.2) is 0 Å². The Morgan fingerprint density at radius 2 is 0.957 bits per heavy atom. The number of aliphatic hydroxyl groups is 1. The van der Waals surface area contributed by atoms with Crippen molar-refractivity contribution in [1.82, 2.24) is 0 Å². The Morgan fingerprint density at radius 1 is 0.565 bits per heavy atom. The highest BCUT2D eigenvalue weighted by molar-refractivity contribution is 7.46. The van der Waals surface area contributed by atoms with E-state index in [-0.39, 0.29) is 24.0 Å². The van der Waals surface area contributed by atoms with E-state index < -0.39 is 26.0 Å². The highest BCUT2D eigenvalue weighted by Crippen LogP contribution is 2.44. The molecule has 0 aromatic heterocycles. The van der Waals surface area contributed by atoms with Gasteiger partial charge in [0.1, 0.15) is 5.78 Å². The van der Waals surface area contributed by atoms with Crippen molar-refractivity contribution in [3.05, 3.63) is 0 Å². The molecular formula is C37H73O8P. The highest BCUT2D eigenvalue weighted by atomic mass is 31.2. The Morgan fingerprint density at radius 3 is 1.41 bits per heavy atom. The molecule has 0 radical (unpaired) electrons. The SMILES string of the molecule is CCCCCCCCC(O)C(CCCCCCCC(C)=O)C(CCCCCCCC)C(CCCCCCCC(=O)O)OP(=O)(O)O. The predicted molar refractivity (Wildman–Crippen MR) is 189 cm³/mol. The van der Waals surface area contributed by atoms with Gasteiger partial charge in [0.25, 0.3) is 0 Å². The predicted octanol–water partition coefficient (Wildman–Crippen LogP) is 10.7. The standard InChI is InChI=1S/C37H73O8P/c1-4-6-8-10-15-22-28-34(36(45-46(42,43)44)30-24-18-13-19-25-31-37(40)41)33(27-21-16-12-14-20-26-32(3)38)35(39)29-23-17-11-9-7-5-2/h33-36,39H,4-31H2,1-3H3,(H,40,41)(H2,42,43,44). The zero-order valence-electron chi connectivity index (χ0n) is 30.0. The molecule has 46 heavy (non-hydrogen) atoms. The molecule has 0 aromatic rings. The summed E-state index contributed by atoms with van der Waals surface area (Å²) in [7, 11) is -4.74. The van der Waals surface area contributed by atoms with Gasteiger partial charge in [-0.2, -0.15) is 0 Å². The first-order chi connectivity index (χ1) is 22.0. The normalized spacial score (nSPS) is 14.7. The minimum atomic E-state index is -4.74. The summed E-state index contributed by atoms with van der Waals surface area (Å²) >= 11 is 0. The van der Waals surface area contributed by atoms with E-state index in [4.69, 9.17) is 9.63 Å². The van der Waals surface area contributed by atoms with Gasteiger partial charge in [-0.1, -0.05) is 142 Å². The van der Waals surface area contributed by atoms with Gasteiger partial charge < -0.3 is 24.8 Å². The molecule has 0 fully saturated rings. The van der Waals surface area contributed by atoms with Crippen LogP contribution in [0.1, 0.15) is 201 Å². The lowest BCUT2D eigenvalue weighted by Crippen LogP contribution is -2.37. The maximum atomic E-state index is 12.3. The molecule has 4 atom stereocenters. The second-order valence-electron chi connectivity index (χ2n) is 13.9. The molecule has 0 rings (SSSR count). The molecule has 0 heterocycles. The van der Waals surface area contributed by atoms with E-state index >= 15 is 0 Å². The number of Topliss-reactive ketones (excluding diaryl/α,β-unsaturated/α-hetero) is 1. The molecule has 4 unspecified atom stereocenters. The molecule has 0 spiro atoms. The molecule has 274 valence electrons. The Kier molecular flexibility index (Phi) is 29.8. The van der Waals surface area contributed by atoms with Crippen LogP contribution in [0.25, 0.3) is 0 Å². The van der Waals surface area contributed by atoms with Crippen LogP contribution in [0.4, 0.5) is 0 Å². The van der Waals surface area contributed by atoms with Crippen molar-refractivity contribution in [2.24, 2.45) is 11.8 Å². The lowest BCUT2D eigenvalue weighted by atomic mass is 9.75. The van der Waals surface area contributed by atoms with Gasteiger partial charge in [0, 0.05) is 12.8 Å². The maximum absolute atomic E-state index is 12.3. The van der Waals surface area contributed by atoms with Gasteiger partial charge in [-0.05, 0) is 57.3 Å². The van der Waals surface area contributed by atoms with Crippen LogP contribution in [0, 0.1) is 11.8 Å². The summed E-state index contributed by atoms with van der Waals surface area (Å²) in [5, 5.41) is 20.6. The lowest BCUT2D eigenvalue weighted by Gasteiger charge is -2.37. The van der Waals surface area contributed by atoms with Crippen LogP contribution in [0.5, 0.6) is 0 Å². The van der Waals surface area contributed by atoms with E-state index in [0.717, 1.165) is 103 Å². The van der Waals surface area contributed by atoms with Crippen LogP contribution in [-0.4, -0.2) is 44.0 Å². The summed E-state index contributed by atoms with van der Waals surface area (Å²) in [5.74, 6) is -0.782. The molecule has 0 bridgehead atoms. The van der Waals surface area contributed by atoms with Crippen LogP contribution in [0.2, 0.25) is 0 Å². The number of carboxylic acids is 1. The van der Waals surface area contributed by atoms with Gasteiger partial charge in [0.15, 0.2) is 0 Å². The smallest absolute Gasteiger partial charge is 0.469 e. The Balaban J connectivity index is 5.73. The molecule has 0 saturated heterocycles. The minimum Gasteiger partial charge on any atom is -0.481 e. The first-order valence-corrected chi connectivity index (χ1v) is 20.7. The fourth-order valence-corrected chi connectivity index (χ4v) is 7.45. The lowest BCUT2D eigenvalue weighted by molar-refractivity contribution is -0.137. The summed E-state index contributed by atoms with van der Waals surface area (Å²) in [6.45, 7) is 6.04. The maximum Gasteiger partial charge on any atom is 0.469 e. The van der Waals surface area contributed by atoms with Crippen molar-refractivity contribution >= 4 is 19.6 Å². The molecule has 8 nitrogen and oxygen atoms in total. The van der Waals surface area contributed by atoms with Crippen molar-refractivity contribution < 1.29 is 38.7 Å². The fourth-order valence-electron chi connectivity index (χ4n) is 6.83. The number of aliphatic hydroxyl groups excluding tert-OH is 1. The van der Waals surface area contributed by atoms with Crippen molar-refractivity contribution in [3.8, 4) is 0 Å².